The Bertz CT molecular complexity index is 385. The van der Waals surface area contributed by atoms with E-state index < -0.39 is 11.9 Å². The summed E-state index contributed by atoms with van der Waals surface area (Å²) in [6, 6.07) is 0. The highest BCUT2D eigenvalue weighted by molar-refractivity contribution is 6.04. The van der Waals surface area contributed by atoms with E-state index in [0.29, 0.717) is 0 Å². The molecule has 0 spiro atoms. The average molecular weight is 218 g/mol. The Morgan fingerprint density at radius 3 is 2.19 bits per heavy atom. The molecule has 0 aromatic rings. The summed E-state index contributed by atoms with van der Waals surface area (Å²) in [5.41, 5.74) is 1.67. The fraction of sp³-hybridized carbons (Fsp3) is 0.385. The number of rotatable bonds is 0. The number of esters is 2. The van der Waals surface area contributed by atoms with Gasteiger partial charge in [0.15, 0.2) is 0 Å². The molecule has 0 aromatic heterocycles. The smallest absolute Gasteiger partial charge is 0.338 e. The van der Waals surface area contributed by atoms with Crippen LogP contribution in [0.1, 0.15) is 19.8 Å². The van der Waals surface area contributed by atoms with Crippen LogP contribution in [-0.4, -0.2) is 11.9 Å². The minimum Gasteiger partial charge on any atom is -0.387 e. The third kappa shape index (κ3) is 2.30. The monoisotopic (exact) mass is 218 g/mol. The number of carbonyl (C=O) groups excluding carboxylic acids is 2. The fourth-order valence-electron chi connectivity index (χ4n) is 2.29. The molecule has 1 fully saturated rings. The summed E-state index contributed by atoms with van der Waals surface area (Å²) >= 11 is 0. The maximum absolute atomic E-state index is 9.92. The summed E-state index contributed by atoms with van der Waals surface area (Å²) in [5.74, 6) is 0.580. The molecule has 2 bridgehead atoms. The highest BCUT2D eigenvalue weighted by Crippen LogP contribution is 2.42. The number of fused-ring (bicyclic) bond motifs is 2. The van der Waals surface area contributed by atoms with Crippen molar-refractivity contribution in [1.29, 1.82) is 0 Å². The average Bonchev–Trinajstić information content (AvgIpc) is 2.95. The second-order valence-electron chi connectivity index (χ2n) is 4.13. The van der Waals surface area contributed by atoms with Gasteiger partial charge in [-0.15, -0.1) is 0 Å². The van der Waals surface area contributed by atoms with Crippen LogP contribution in [0.4, 0.5) is 0 Å². The van der Waals surface area contributed by atoms with Gasteiger partial charge in [0, 0.05) is 12.2 Å². The lowest BCUT2D eigenvalue weighted by atomic mass is 10.0. The molecule has 1 heterocycles. The molecule has 16 heavy (non-hydrogen) atoms. The third-order valence-electron chi connectivity index (χ3n) is 3.07. The number of hydrogen-bond donors (Lipinski definition) is 0. The van der Waals surface area contributed by atoms with E-state index in [0.717, 1.165) is 24.0 Å². The van der Waals surface area contributed by atoms with E-state index in [4.69, 9.17) is 0 Å². The molecule has 0 saturated heterocycles. The Hall–Kier alpha value is -1.64. The van der Waals surface area contributed by atoms with Crippen molar-refractivity contribution in [3.05, 3.63) is 36.0 Å². The quantitative estimate of drug-likeness (QED) is 0.355. The minimum absolute atomic E-state index is 0.579. The van der Waals surface area contributed by atoms with Crippen molar-refractivity contribution in [3.63, 3.8) is 0 Å². The van der Waals surface area contributed by atoms with Gasteiger partial charge in [-0.05, 0) is 31.6 Å². The number of allylic oxidation sites excluding steroid dienone is 4. The van der Waals surface area contributed by atoms with Crippen LogP contribution in [0, 0.1) is 11.8 Å². The van der Waals surface area contributed by atoms with E-state index in [1.807, 2.05) is 0 Å². The molecule has 2 aliphatic carbocycles. The Labute approximate surface area is 94.5 Å². The molecule has 2 unspecified atom stereocenters. The molecule has 3 rings (SSSR count). The predicted molar refractivity (Wildman–Crippen MR) is 59.4 cm³/mol. The topological polar surface area (TPSA) is 43.4 Å². The van der Waals surface area contributed by atoms with Crippen LogP contribution in [0.15, 0.2) is 36.0 Å². The summed E-state index contributed by atoms with van der Waals surface area (Å²) in [7, 11) is 0. The van der Waals surface area contributed by atoms with Crippen LogP contribution >= 0.6 is 0 Å². The summed E-state index contributed by atoms with van der Waals surface area (Å²) < 4.78 is 3.97. The third-order valence-corrected chi connectivity index (χ3v) is 3.07. The van der Waals surface area contributed by atoms with Gasteiger partial charge in [-0.2, -0.15) is 0 Å². The van der Waals surface area contributed by atoms with Gasteiger partial charge in [0.2, 0.25) is 0 Å². The van der Waals surface area contributed by atoms with Crippen LogP contribution in [0.2, 0.25) is 0 Å². The molecule has 2 atom stereocenters. The van der Waals surface area contributed by atoms with Crippen LogP contribution < -0.4 is 0 Å². The lowest BCUT2D eigenvalue weighted by molar-refractivity contribution is -0.150. The zero-order valence-corrected chi connectivity index (χ0v) is 9.18. The van der Waals surface area contributed by atoms with Crippen molar-refractivity contribution >= 4 is 11.9 Å². The van der Waals surface area contributed by atoms with Crippen LogP contribution in [0.3, 0.4) is 0 Å². The number of cyclic esters (lactones) is 2. The first-order valence-electron chi connectivity index (χ1n) is 5.46. The van der Waals surface area contributed by atoms with E-state index in [2.05, 4.69) is 29.9 Å². The van der Waals surface area contributed by atoms with E-state index in [1.54, 1.807) is 5.57 Å². The van der Waals surface area contributed by atoms with Crippen molar-refractivity contribution in [1.82, 2.24) is 0 Å². The predicted octanol–water partition coefficient (Wildman–Crippen LogP) is 2.15. The van der Waals surface area contributed by atoms with Crippen LogP contribution in [0.5, 0.6) is 0 Å². The number of carbonyl (C=O) groups is 2. The molecular weight excluding hydrogens is 204 g/mol. The summed E-state index contributed by atoms with van der Waals surface area (Å²) in [6.45, 7) is 2.16. The Kier molecular flexibility index (Phi) is 3.04. The maximum atomic E-state index is 9.92. The second-order valence-corrected chi connectivity index (χ2v) is 4.13. The van der Waals surface area contributed by atoms with Gasteiger partial charge in [-0.25, -0.2) is 9.59 Å². The van der Waals surface area contributed by atoms with Crippen molar-refractivity contribution in [2.24, 2.45) is 11.8 Å². The molecule has 0 aromatic carbocycles. The van der Waals surface area contributed by atoms with Gasteiger partial charge >= 0.3 is 11.9 Å². The molecule has 0 radical (unpaired) electrons. The van der Waals surface area contributed by atoms with E-state index in [1.165, 1.54) is 12.8 Å². The van der Waals surface area contributed by atoms with E-state index in [-0.39, 0.29) is 0 Å². The van der Waals surface area contributed by atoms with Crippen molar-refractivity contribution < 1.29 is 14.3 Å². The van der Waals surface area contributed by atoms with E-state index in [9.17, 15) is 9.59 Å². The van der Waals surface area contributed by atoms with E-state index >= 15 is 0 Å². The van der Waals surface area contributed by atoms with Gasteiger partial charge in [0.1, 0.15) is 0 Å². The Balaban J connectivity index is 0.000000125. The van der Waals surface area contributed by atoms with Crippen molar-refractivity contribution in [2.75, 3.05) is 0 Å². The summed E-state index contributed by atoms with van der Waals surface area (Å²) in [6.07, 6.45) is 11.9. The maximum Gasteiger partial charge on any atom is 0.338 e. The number of ether oxygens (including phenoxy) is 1. The molecule has 3 nitrogen and oxygen atoms in total. The van der Waals surface area contributed by atoms with Gasteiger partial charge in [0.05, 0.1) is 0 Å². The Morgan fingerprint density at radius 1 is 1.25 bits per heavy atom. The van der Waals surface area contributed by atoms with Crippen molar-refractivity contribution in [2.45, 2.75) is 19.8 Å². The second kappa shape index (κ2) is 4.47. The standard InChI is InChI=1S/C9H12.C4H2O3/c1-2-8-5-7-3-4-9(8)6-7;5-3-1-2-4(6)7-3/h2-4,7,9H,5-6H2,1H3;1-2H. The van der Waals surface area contributed by atoms with Crippen LogP contribution in [-0.2, 0) is 14.3 Å². The highest BCUT2D eigenvalue weighted by atomic mass is 16.6. The summed E-state index contributed by atoms with van der Waals surface area (Å²) in [5, 5.41) is 0. The van der Waals surface area contributed by atoms with Gasteiger partial charge in [0.25, 0.3) is 0 Å². The largest absolute Gasteiger partial charge is 0.387 e. The first kappa shape index (κ1) is 10.9. The van der Waals surface area contributed by atoms with Crippen LogP contribution in [0.25, 0.3) is 0 Å². The molecule has 0 amide bonds. The lowest BCUT2D eigenvalue weighted by Crippen LogP contribution is -1.96. The first-order valence-corrected chi connectivity index (χ1v) is 5.46. The zero-order valence-electron chi connectivity index (χ0n) is 9.18. The zero-order chi connectivity index (χ0) is 11.5. The van der Waals surface area contributed by atoms with Gasteiger partial charge in [-0.1, -0.05) is 23.8 Å². The number of hydrogen-bond acceptors (Lipinski definition) is 3. The highest BCUT2D eigenvalue weighted by Gasteiger charge is 2.29. The first-order chi connectivity index (χ1) is 7.69. The molecular formula is C13H14O3. The van der Waals surface area contributed by atoms with Gasteiger partial charge < -0.3 is 4.74 Å². The molecule has 1 aliphatic heterocycles. The molecule has 3 aliphatic rings. The summed E-state index contributed by atoms with van der Waals surface area (Å²) in [4.78, 5) is 19.8. The van der Waals surface area contributed by atoms with Gasteiger partial charge in [-0.3, -0.25) is 0 Å². The molecule has 0 N–H and O–H groups in total. The Morgan fingerprint density at radius 2 is 1.94 bits per heavy atom. The van der Waals surface area contributed by atoms with Crippen molar-refractivity contribution in [3.8, 4) is 0 Å². The lowest BCUT2D eigenvalue weighted by Gasteiger charge is -2.05. The molecule has 1 saturated carbocycles. The fourth-order valence-corrected chi connectivity index (χ4v) is 2.29. The normalized spacial score (nSPS) is 31.9. The molecule has 84 valence electrons. The molecule has 3 heteroatoms. The minimum atomic E-state index is -0.579. The SMILES string of the molecule is CC=C1CC2C=CC1C2.O=C1C=CC(=O)O1.